The molecule has 2 heterocycles. The molecule has 2 aliphatic rings. The molecule has 8 heteroatoms. The van der Waals surface area contributed by atoms with E-state index in [2.05, 4.69) is 97.1 Å². The Kier molecular flexibility index (Phi) is 8.61. The normalized spacial score (nSPS) is 22.8. The lowest BCUT2D eigenvalue weighted by Gasteiger charge is -2.43. The number of hydrogen-bond acceptors (Lipinski definition) is 6. The van der Waals surface area contributed by atoms with Gasteiger partial charge in [0.25, 0.3) is 0 Å². The molecule has 0 bridgehead atoms. The van der Waals surface area contributed by atoms with Gasteiger partial charge in [0.1, 0.15) is 0 Å². The average molecular weight is 761 g/mol. The van der Waals surface area contributed by atoms with Gasteiger partial charge in [-0.3, -0.25) is 9.13 Å². The van der Waals surface area contributed by atoms with Crippen LogP contribution in [0.15, 0.2) is 158 Å². The molecule has 10 rings (SSSR count). The minimum Gasteiger partial charge on any atom is -0.307 e. The Morgan fingerprint density at radius 1 is 0.418 bits per heavy atom. The smallest absolute Gasteiger partial charge is 0.307 e. The van der Waals surface area contributed by atoms with Gasteiger partial charge in [0, 0.05) is 0 Å². The molecule has 0 saturated carbocycles. The van der Waals surface area contributed by atoms with Crippen molar-refractivity contribution >= 4 is 58.3 Å². The Morgan fingerprint density at radius 2 is 0.782 bits per heavy atom. The maximum Gasteiger partial charge on any atom is 0.335 e. The van der Waals surface area contributed by atoms with Crippen molar-refractivity contribution in [3.8, 4) is 22.3 Å². The van der Waals surface area contributed by atoms with Crippen LogP contribution in [0.1, 0.15) is 11.1 Å². The zero-order chi connectivity index (χ0) is 37.0. The van der Waals surface area contributed by atoms with E-state index in [1.54, 1.807) is 0 Å². The molecule has 0 unspecified atom stereocenters. The minimum absolute atomic E-state index is 0.105. The summed E-state index contributed by atoms with van der Waals surface area (Å²) in [6, 6.07) is 53.8. The van der Waals surface area contributed by atoms with Crippen LogP contribution in [0.4, 0.5) is 0 Å². The van der Waals surface area contributed by atoms with Crippen LogP contribution in [0.5, 0.6) is 0 Å². The summed E-state index contributed by atoms with van der Waals surface area (Å²) in [5.74, 6) is 0. The van der Waals surface area contributed by atoms with Crippen molar-refractivity contribution in [1.29, 1.82) is 0 Å². The van der Waals surface area contributed by atoms with Gasteiger partial charge in [-0.25, -0.2) is 0 Å². The monoisotopic (exact) mass is 760 g/mol. The van der Waals surface area contributed by atoms with Crippen LogP contribution in [-0.4, -0.2) is 26.4 Å². The van der Waals surface area contributed by atoms with Crippen LogP contribution in [0.3, 0.4) is 0 Å². The summed E-state index contributed by atoms with van der Waals surface area (Å²) in [4.78, 5) is 0. The van der Waals surface area contributed by atoms with Gasteiger partial charge in [-0.2, -0.15) is 0 Å². The first-order valence-electron chi connectivity index (χ1n) is 18.6. The molecule has 55 heavy (non-hydrogen) atoms. The quantitative estimate of drug-likeness (QED) is 0.124. The fourth-order valence-corrected chi connectivity index (χ4v) is 12.2. The number of rotatable bonds is 6. The van der Waals surface area contributed by atoms with E-state index in [0.717, 1.165) is 76.5 Å². The van der Waals surface area contributed by atoms with E-state index in [9.17, 15) is 9.13 Å². The molecule has 2 saturated heterocycles. The molecule has 8 aromatic rings. The van der Waals surface area contributed by atoms with Gasteiger partial charge in [0.15, 0.2) is 0 Å². The molecule has 1 spiro atoms. The maximum absolute atomic E-state index is 14.5. The highest BCUT2D eigenvalue weighted by atomic mass is 31.2. The summed E-state index contributed by atoms with van der Waals surface area (Å²) in [6.07, 6.45) is 0.228. The van der Waals surface area contributed by atoms with Crippen molar-refractivity contribution in [3.05, 3.63) is 169 Å². The Bertz CT molecular complexity index is 2630. The lowest BCUT2D eigenvalue weighted by molar-refractivity contribution is -0.0689. The summed E-state index contributed by atoms with van der Waals surface area (Å²) in [7, 11) is -7.21. The molecule has 6 nitrogen and oxygen atoms in total. The fourth-order valence-electron chi connectivity index (χ4n) is 8.33. The molecule has 2 fully saturated rings. The third-order valence-electron chi connectivity index (χ3n) is 11.1. The fraction of sp³-hybridized carbons (Fsp3) is 0.149. The van der Waals surface area contributed by atoms with Crippen LogP contribution in [0, 0.1) is 5.41 Å². The van der Waals surface area contributed by atoms with Crippen LogP contribution >= 0.6 is 15.2 Å². The highest BCUT2D eigenvalue weighted by Gasteiger charge is 2.49. The molecule has 0 atom stereocenters. The zero-order valence-electron chi connectivity index (χ0n) is 30.1. The van der Waals surface area contributed by atoms with Crippen LogP contribution < -0.4 is 0 Å². The molecule has 272 valence electrons. The van der Waals surface area contributed by atoms with E-state index in [1.165, 1.54) is 0 Å². The van der Waals surface area contributed by atoms with Crippen LogP contribution in [0.2, 0.25) is 0 Å². The highest BCUT2D eigenvalue weighted by Crippen LogP contribution is 2.63. The summed E-state index contributed by atoms with van der Waals surface area (Å²) in [5, 5.41) is 8.37. The van der Waals surface area contributed by atoms with E-state index in [0.29, 0.717) is 0 Å². The molecule has 8 aromatic carbocycles. The molecule has 0 amide bonds. The number of fused-ring (bicyclic) bond motifs is 4. The van der Waals surface area contributed by atoms with E-state index in [1.807, 2.05) is 60.7 Å². The third kappa shape index (κ3) is 6.34. The van der Waals surface area contributed by atoms with Gasteiger partial charge in [-0.05, 0) is 88.6 Å². The van der Waals surface area contributed by atoms with Crippen molar-refractivity contribution in [3.63, 3.8) is 0 Å². The second kappa shape index (κ2) is 13.7. The molecule has 0 aromatic heterocycles. The second-order valence-electron chi connectivity index (χ2n) is 14.8. The molecular weight excluding hydrogens is 722 g/mol. The first-order chi connectivity index (χ1) is 26.9. The van der Waals surface area contributed by atoms with Crippen molar-refractivity contribution < 1.29 is 27.2 Å². The standard InChI is InChI=1S/C47H38O6P2/c48-54(27-43-39-21-9-7-17-35(39)25-37-19-11-23-41(45(37)43)33-13-3-1-4-14-33)50-29-47(30-51-54)31-52-55(49,53-32-47)28-44-40-22-10-8-18-36(40)26-38-20-12-24-42(46(38)44)34-15-5-2-6-16-34/h1-26H,27-32H2. The average Bonchev–Trinajstić information content (AvgIpc) is 3.23. The lowest BCUT2D eigenvalue weighted by Crippen LogP contribution is -2.45. The largest absolute Gasteiger partial charge is 0.335 e. The molecule has 0 radical (unpaired) electrons. The molecule has 2 aliphatic heterocycles. The van der Waals surface area contributed by atoms with Gasteiger partial charge in [0.2, 0.25) is 0 Å². The van der Waals surface area contributed by atoms with Gasteiger partial charge < -0.3 is 18.1 Å². The summed E-state index contributed by atoms with van der Waals surface area (Å²) >= 11 is 0. The van der Waals surface area contributed by atoms with Gasteiger partial charge in [0.05, 0.1) is 44.2 Å². The Morgan fingerprint density at radius 3 is 1.20 bits per heavy atom. The topological polar surface area (TPSA) is 71.1 Å². The van der Waals surface area contributed by atoms with Crippen LogP contribution in [0.25, 0.3) is 65.3 Å². The minimum atomic E-state index is -3.60. The predicted octanol–water partition coefficient (Wildman–Crippen LogP) is 12.8. The van der Waals surface area contributed by atoms with Crippen molar-refractivity contribution in [2.45, 2.75) is 12.3 Å². The number of hydrogen-bond donors (Lipinski definition) is 0. The molecule has 0 N–H and O–H groups in total. The van der Waals surface area contributed by atoms with E-state index in [-0.39, 0.29) is 38.8 Å². The van der Waals surface area contributed by atoms with E-state index in [4.69, 9.17) is 18.1 Å². The zero-order valence-corrected chi connectivity index (χ0v) is 31.9. The first kappa shape index (κ1) is 34.6. The number of benzene rings is 8. The highest BCUT2D eigenvalue weighted by molar-refractivity contribution is 7.53. The molecular formula is C47H38O6P2. The summed E-state index contributed by atoms with van der Waals surface area (Å²) in [5.41, 5.74) is 5.43. The predicted molar refractivity (Wildman–Crippen MR) is 223 cm³/mol. The maximum atomic E-state index is 14.5. The van der Waals surface area contributed by atoms with E-state index < -0.39 is 20.6 Å². The van der Waals surface area contributed by atoms with E-state index >= 15 is 0 Å². The van der Waals surface area contributed by atoms with Crippen molar-refractivity contribution in [2.75, 3.05) is 26.4 Å². The summed E-state index contributed by atoms with van der Waals surface area (Å²) < 4.78 is 54.1. The van der Waals surface area contributed by atoms with Crippen molar-refractivity contribution in [2.24, 2.45) is 5.41 Å². The Balaban J connectivity index is 0.931. The third-order valence-corrected chi connectivity index (χ3v) is 14.6. The second-order valence-corrected chi connectivity index (χ2v) is 18.9. The van der Waals surface area contributed by atoms with Gasteiger partial charge in [-0.15, -0.1) is 0 Å². The molecule has 0 aliphatic carbocycles. The Labute approximate surface area is 319 Å². The van der Waals surface area contributed by atoms with Gasteiger partial charge >= 0.3 is 15.2 Å². The van der Waals surface area contributed by atoms with Gasteiger partial charge in [-0.1, -0.05) is 146 Å². The first-order valence-corrected chi connectivity index (χ1v) is 22.1. The van der Waals surface area contributed by atoms with Crippen molar-refractivity contribution in [1.82, 2.24) is 0 Å². The SMILES string of the molecule is O=P1(Cc2c3ccccc3cc3cccc(-c4ccccc4)c23)OCC2(CO1)COP(=O)(Cc1c3ccccc3cc3cccc(-c4ccccc4)c13)OC2. The van der Waals surface area contributed by atoms with Crippen LogP contribution in [-0.2, 0) is 39.5 Å². The summed E-state index contributed by atoms with van der Waals surface area (Å²) in [6.45, 7) is 0.420. The lowest BCUT2D eigenvalue weighted by atomic mass is 9.91. The Hall–Kier alpha value is -4.90.